The minimum Gasteiger partial charge on any atom is -0.484 e. The summed E-state index contributed by atoms with van der Waals surface area (Å²) in [6, 6.07) is 21.8. The summed E-state index contributed by atoms with van der Waals surface area (Å²) in [4.78, 5) is 42.6. The number of amides is 3. The molecule has 8 heteroatoms. The second-order valence-corrected chi connectivity index (χ2v) is 8.56. The Bertz CT molecular complexity index is 1210. The molecule has 2 N–H and O–H groups in total. The molecular weight excluding hydrogens is 456 g/mol. The van der Waals surface area contributed by atoms with Crippen LogP contribution in [-0.2, 0) is 14.4 Å². The molecule has 36 heavy (non-hydrogen) atoms. The van der Waals surface area contributed by atoms with Gasteiger partial charge in [0.2, 0.25) is 11.8 Å². The number of benzene rings is 3. The number of para-hydroxylation sites is 1. The molecule has 0 aliphatic heterocycles. The smallest absolute Gasteiger partial charge is 0.264 e. The van der Waals surface area contributed by atoms with E-state index in [0.717, 1.165) is 16.8 Å². The van der Waals surface area contributed by atoms with Crippen LogP contribution in [0.2, 0.25) is 0 Å². The van der Waals surface area contributed by atoms with Gasteiger partial charge in [0.15, 0.2) is 6.61 Å². The molecule has 8 nitrogen and oxygen atoms in total. The van der Waals surface area contributed by atoms with Crippen LogP contribution in [0.15, 0.2) is 72.8 Å². The average Bonchev–Trinajstić information content (AvgIpc) is 2.89. The quantitative estimate of drug-likeness (QED) is 0.499. The Morgan fingerprint density at radius 3 is 1.97 bits per heavy atom. The first kappa shape index (κ1) is 26.4. The lowest BCUT2D eigenvalue weighted by atomic mass is 10.1. The van der Waals surface area contributed by atoms with E-state index in [4.69, 9.17) is 10.5 Å². The van der Waals surface area contributed by atoms with Gasteiger partial charge in [0.25, 0.3) is 5.91 Å². The molecule has 3 amide bonds. The number of nitrogens with two attached hydrogens (primary N) is 1. The average molecular weight is 489 g/mol. The molecule has 3 aromatic rings. The van der Waals surface area contributed by atoms with E-state index in [0.29, 0.717) is 17.1 Å². The summed E-state index contributed by atoms with van der Waals surface area (Å²) >= 11 is 0. The molecule has 0 saturated carbocycles. The predicted octanol–water partition coefficient (Wildman–Crippen LogP) is 3.30. The number of hydrogen-bond acceptors (Lipinski definition) is 5. The first-order valence-electron chi connectivity index (χ1n) is 11.6. The fraction of sp³-hybridized carbons (Fsp3) is 0.250. The van der Waals surface area contributed by atoms with Gasteiger partial charge in [-0.15, -0.1) is 0 Å². The Labute approximate surface area is 211 Å². The van der Waals surface area contributed by atoms with E-state index < -0.39 is 5.91 Å². The van der Waals surface area contributed by atoms with E-state index in [9.17, 15) is 14.4 Å². The lowest BCUT2D eigenvalue weighted by Crippen LogP contribution is -2.44. The van der Waals surface area contributed by atoms with Gasteiger partial charge in [0.05, 0.1) is 6.54 Å². The second kappa shape index (κ2) is 12.0. The third kappa shape index (κ3) is 6.70. The van der Waals surface area contributed by atoms with Crippen LogP contribution in [0.25, 0.3) is 0 Å². The van der Waals surface area contributed by atoms with Crippen LogP contribution in [0.4, 0.5) is 17.1 Å². The maximum atomic E-state index is 12.9. The summed E-state index contributed by atoms with van der Waals surface area (Å²) in [5.74, 6) is -0.513. The summed E-state index contributed by atoms with van der Waals surface area (Å²) in [5, 5.41) is 0. The molecule has 0 atom stereocenters. The minimum absolute atomic E-state index is 0.187. The number of ether oxygens (including phenoxy) is 1. The van der Waals surface area contributed by atoms with Crippen LogP contribution in [0, 0.1) is 13.8 Å². The summed E-state index contributed by atoms with van der Waals surface area (Å²) in [6.07, 6.45) is 0. The molecule has 0 fully saturated rings. The van der Waals surface area contributed by atoms with Crippen LogP contribution >= 0.6 is 0 Å². The molecule has 0 saturated heterocycles. The fourth-order valence-electron chi connectivity index (χ4n) is 3.74. The first-order valence-corrected chi connectivity index (χ1v) is 11.6. The van der Waals surface area contributed by atoms with Crippen molar-refractivity contribution in [2.24, 2.45) is 5.73 Å². The zero-order chi connectivity index (χ0) is 26.2. The molecule has 0 aromatic heterocycles. The zero-order valence-corrected chi connectivity index (χ0v) is 21.1. The number of rotatable bonds is 9. The zero-order valence-electron chi connectivity index (χ0n) is 21.1. The Hall–Kier alpha value is -4.17. The third-order valence-corrected chi connectivity index (χ3v) is 5.75. The highest BCUT2D eigenvalue weighted by atomic mass is 16.5. The first-order chi connectivity index (χ1) is 17.2. The summed E-state index contributed by atoms with van der Waals surface area (Å²) in [6.45, 7) is 3.32. The number of likely N-dealkylation sites (N-methyl/N-ethyl adjacent to an activating group) is 2. The van der Waals surface area contributed by atoms with Gasteiger partial charge >= 0.3 is 0 Å². The Balaban J connectivity index is 1.71. The van der Waals surface area contributed by atoms with E-state index in [1.165, 1.54) is 9.80 Å². The molecule has 0 bridgehead atoms. The van der Waals surface area contributed by atoms with Gasteiger partial charge in [-0.3, -0.25) is 14.4 Å². The normalized spacial score (nSPS) is 10.5. The molecule has 188 valence electrons. The molecule has 0 aliphatic rings. The van der Waals surface area contributed by atoms with Crippen molar-refractivity contribution in [1.29, 1.82) is 0 Å². The van der Waals surface area contributed by atoms with Crippen molar-refractivity contribution < 1.29 is 19.1 Å². The highest BCUT2D eigenvalue weighted by molar-refractivity contribution is 6.04. The van der Waals surface area contributed by atoms with Gasteiger partial charge in [-0.2, -0.15) is 0 Å². The molecule has 0 heterocycles. The molecule has 0 spiro atoms. The number of nitrogens with zero attached hydrogens (tertiary/aromatic N) is 3. The Morgan fingerprint density at radius 2 is 1.33 bits per heavy atom. The maximum Gasteiger partial charge on any atom is 0.264 e. The van der Waals surface area contributed by atoms with Crippen molar-refractivity contribution in [3.05, 3.63) is 83.9 Å². The molecule has 3 rings (SSSR count). The number of hydrogen-bond donors (Lipinski definition) is 1. The molecule has 0 unspecified atom stereocenters. The predicted molar refractivity (Wildman–Crippen MR) is 143 cm³/mol. The number of anilines is 3. The van der Waals surface area contributed by atoms with E-state index in [1.807, 2.05) is 62.4 Å². The molecule has 0 radical (unpaired) electrons. The largest absolute Gasteiger partial charge is 0.484 e. The highest BCUT2D eigenvalue weighted by Crippen LogP contribution is 2.23. The minimum atomic E-state index is -0.410. The summed E-state index contributed by atoms with van der Waals surface area (Å²) < 4.78 is 5.74. The van der Waals surface area contributed by atoms with Crippen molar-refractivity contribution in [3.63, 3.8) is 0 Å². The van der Waals surface area contributed by atoms with E-state index in [-0.39, 0.29) is 31.5 Å². The van der Waals surface area contributed by atoms with Crippen molar-refractivity contribution >= 4 is 34.8 Å². The Morgan fingerprint density at radius 1 is 0.722 bits per heavy atom. The van der Waals surface area contributed by atoms with E-state index >= 15 is 0 Å². The van der Waals surface area contributed by atoms with Gasteiger partial charge in [0, 0.05) is 37.2 Å². The van der Waals surface area contributed by atoms with Gasteiger partial charge in [0.1, 0.15) is 12.3 Å². The number of aryl methyl sites for hydroxylation is 2. The van der Waals surface area contributed by atoms with Gasteiger partial charge < -0.3 is 25.2 Å². The van der Waals surface area contributed by atoms with E-state index in [2.05, 4.69) is 0 Å². The van der Waals surface area contributed by atoms with Gasteiger partial charge in [-0.25, -0.2) is 0 Å². The topological polar surface area (TPSA) is 96.2 Å². The van der Waals surface area contributed by atoms with Gasteiger partial charge in [-0.05, 0) is 61.4 Å². The fourth-order valence-corrected chi connectivity index (χ4v) is 3.74. The number of carbonyl (C=O) groups excluding carboxylic acids is 3. The van der Waals surface area contributed by atoms with Crippen LogP contribution in [0.1, 0.15) is 11.1 Å². The van der Waals surface area contributed by atoms with Crippen molar-refractivity contribution in [2.45, 2.75) is 13.8 Å². The molecule has 3 aromatic carbocycles. The van der Waals surface area contributed by atoms with Crippen LogP contribution in [-0.4, -0.2) is 51.5 Å². The summed E-state index contributed by atoms with van der Waals surface area (Å²) in [7, 11) is 3.35. The monoisotopic (exact) mass is 488 g/mol. The number of carbonyl (C=O) groups is 3. The standard InChI is InChI=1S/C28H32N4O4/c1-20-13-21(2)15-24(14-20)31(4)28(35)19-36-25-12-8-11-23(16-25)32(26(33)17-29)18-27(34)30(3)22-9-6-5-7-10-22/h5-16H,17-19,29H2,1-4H3. The van der Waals surface area contributed by atoms with Crippen LogP contribution in [0.3, 0.4) is 0 Å². The third-order valence-electron chi connectivity index (χ3n) is 5.75. The maximum absolute atomic E-state index is 12.9. The molecular formula is C28H32N4O4. The van der Waals surface area contributed by atoms with Crippen molar-refractivity contribution in [2.75, 3.05) is 48.5 Å². The SMILES string of the molecule is Cc1cc(C)cc(N(C)C(=O)COc2cccc(N(CC(=O)N(C)c3ccccc3)C(=O)CN)c2)c1. The van der Waals surface area contributed by atoms with Crippen LogP contribution < -0.4 is 25.2 Å². The van der Waals surface area contributed by atoms with Crippen molar-refractivity contribution in [1.82, 2.24) is 0 Å². The lowest BCUT2D eigenvalue weighted by molar-refractivity contribution is -0.121. The lowest BCUT2D eigenvalue weighted by Gasteiger charge is -2.25. The van der Waals surface area contributed by atoms with E-state index in [1.54, 1.807) is 43.3 Å². The van der Waals surface area contributed by atoms with Crippen molar-refractivity contribution in [3.8, 4) is 5.75 Å². The second-order valence-electron chi connectivity index (χ2n) is 8.56. The highest BCUT2D eigenvalue weighted by Gasteiger charge is 2.22. The van der Waals surface area contributed by atoms with Gasteiger partial charge in [-0.1, -0.05) is 30.3 Å². The molecule has 0 aliphatic carbocycles. The summed E-state index contributed by atoms with van der Waals surface area (Å²) in [5.41, 5.74) is 9.71. The Kier molecular flexibility index (Phi) is 8.81. The van der Waals surface area contributed by atoms with Crippen LogP contribution in [0.5, 0.6) is 5.75 Å².